The Labute approximate surface area is 240 Å². The van der Waals surface area contributed by atoms with E-state index in [1.807, 2.05) is 48.5 Å². The molecular formula is C31H36FN2O6S+. The highest BCUT2D eigenvalue weighted by atomic mass is 32.2. The minimum atomic E-state index is -4.74. The molecular weight excluding hydrogens is 547 g/mol. The quantitative estimate of drug-likeness (QED) is 0.213. The first kappa shape index (κ1) is 30.4. The van der Waals surface area contributed by atoms with Crippen LogP contribution in [0, 0.1) is 11.7 Å². The summed E-state index contributed by atoms with van der Waals surface area (Å²) in [5.41, 5.74) is 9.49. The van der Waals surface area contributed by atoms with Crippen LogP contribution in [0.3, 0.4) is 0 Å². The van der Waals surface area contributed by atoms with Gasteiger partial charge in [0.05, 0.1) is 0 Å². The summed E-state index contributed by atoms with van der Waals surface area (Å²) in [5, 5.41) is 10.4. The molecule has 0 fully saturated rings. The summed E-state index contributed by atoms with van der Waals surface area (Å²) >= 11 is 0. The zero-order valence-electron chi connectivity index (χ0n) is 23.2. The maximum absolute atomic E-state index is 14.4. The predicted molar refractivity (Wildman–Crippen MR) is 153 cm³/mol. The van der Waals surface area contributed by atoms with Gasteiger partial charge in [-0.1, -0.05) is 62.4 Å². The Morgan fingerprint density at radius 3 is 2.02 bits per heavy atom. The van der Waals surface area contributed by atoms with Crippen molar-refractivity contribution in [2.75, 3.05) is 19.7 Å². The number of carbonyl (C=O) groups excluding carboxylic acids is 1. The van der Waals surface area contributed by atoms with Gasteiger partial charge in [-0.25, -0.2) is 9.18 Å². The van der Waals surface area contributed by atoms with Gasteiger partial charge in [-0.15, -0.1) is 3.89 Å². The molecule has 10 heteroatoms. The van der Waals surface area contributed by atoms with Gasteiger partial charge < -0.3 is 15.6 Å². The van der Waals surface area contributed by atoms with E-state index in [0.29, 0.717) is 12.8 Å². The Balaban J connectivity index is 1.81. The Kier molecular flexibility index (Phi) is 9.26. The Morgan fingerprint density at radius 2 is 1.51 bits per heavy atom. The molecule has 0 spiro atoms. The standard InChI is InChI=1S/C31H35FN2O6S/c1-21(2)19-34(29(30(35)36)13-7-8-18-33,41(38,39)23-16-14-22(32)15-17-23)31(37)40-20-28-26-11-5-3-9-24(26)25-10-4-6-12-27(25)28/h3-6,9-12,14-17,21,28-29H,7-8,13,18-20,33H2,1-2H3/p+1. The number of amides is 1. The molecule has 1 aliphatic rings. The highest BCUT2D eigenvalue weighted by Crippen LogP contribution is 2.45. The summed E-state index contributed by atoms with van der Waals surface area (Å²) in [6.45, 7) is 3.17. The molecule has 1 amide bonds. The topological polar surface area (TPSA) is 124 Å². The first-order valence-corrected chi connectivity index (χ1v) is 15.2. The highest BCUT2D eigenvalue weighted by molar-refractivity contribution is 7.86. The molecule has 0 radical (unpaired) electrons. The maximum atomic E-state index is 14.4. The summed E-state index contributed by atoms with van der Waals surface area (Å²) in [4.78, 5) is 26.7. The number of rotatable bonds is 12. The van der Waals surface area contributed by atoms with Crippen molar-refractivity contribution in [3.05, 3.63) is 89.7 Å². The second-order valence-corrected chi connectivity index (χ2v) is 12.8. The molecule has 2 unspecified atom stereocenters. The van der Waals surface area contributed by atoms with Crippen molar-refractivity contribution < 1.29 is 36.1 Å². The molecule has 0 bridgehead atoms. The first-order chi connectivity index (χ1) is 19.5. The molecule has 0 aliphatic heterocycles. The number of sulfonamides is 1. The summed E-state index contributed by atoms with van der Waals surface area (Å²) in [5.74, 6) is -2.88. The van der Waals surface area contributed by atoms with Crippen LogP contribution in [0.1, 0.15) is 50.2 Å². The SMILES string of the molecule is CC(C)C[N+](C(=O)OCC1c2ccccc2-c2ccccc21)(C(CCCCN)C(=O)O)S(=O)(=O)c1ccc(F)cc1. The molecule has 1 aliphatic carbocycles. The van der Waals surface area contributed by atoms with E-state index in [9.17, 15) is 27.5 Å². The lowest BCUT2D eigenvalue weighted by Gasteiger charge is -2.38. The summed E-state index contributed by atoms with van der Waals surface area (Å²) in [6.07, 6.45) is -0.553. The molecule has 0 saturated carbocycles. The van der Waals surface area contributed by atoms with Crippen molar-refractivity contribution in [1.82, 2.24) is 0 Å². The fourth-order valence-corrected chi connectivity index (χ4v) is 7.86. The van der Waals surface area contributed by atoms with Gasteiger partial charge in [-0.05, 0) is 65.9 Å². The van der Waals surface area contributed by atoms with E-state index in [1.165, 1.54) is 0 Å². The van der Waals surface area contributed by atoms with Crippen molar-refractivity contribution in [3.8, 4) is 11.1 Å². The van der Waals surface area contributed by atoms with E-state index >= 15 is 0 Å². The van der Waals surface area contributed by atoms with Crippen LogP contribution in [0.25, 0.3) is 11.1 Å². The average molecular weight is 584 g/mol. The number of unbranched alkanes of at least 4 members (excludes halogenated alkanes) is 1. The zero-order valence-corrected chi connectivity index (χ0v) is 24.0. The van der Waals surface area contributed by atoms with E-state index in [0.717, 1.165) is 46.5 Å². The number of carboxylic acid groups (broad SMARTS) is 1. The monoisotopic (exact) mass is 583 g/mol. The van der Waals surface area contributed by atoms with Crippen molar-refractivity contribution in [2.45, 2.75) is 50.0 Å². The van der Waals surface area contributed by atoms with Crippen molar-refractivity contribution in [2.24, 2.45) is 11.7 Å². The fourth-order valence-electron chi connectivity index (χ4n) is 5.73. The number of quaternary nitrogens is 1. The number of hydrogen-bond donors (Lipinski definition) is 2. The smallest absolute Gasteiger partial charge is 0.477 e. The maximum Gasteiger partial charge on any atom is 0.532 e. The summed E-state index contributed by atoms with van der Waals surface area (Å²) in [6, 6.07) is 17.8. The van der Waals surface area contributed by atoms with E-state index in [1.54, 1.807) is 13.8 Å². The van der Waals surface area contributed by atoms with Crippen LogP contribution >= 0.6 is 0 Å². The Morgan fingerprint density at radius 1 is 0.951 bits per heavy atom. The van der Waals surface area contributed by atoms with Gasteiger partial charge in [0, 0.05) is 18.3 Å². The lowest BCUT2D eigenvalue weighted by molar-refractivity contribution is -0.755. The van der Waals surface area contributed by atoms with Gasteiger partial charge in [0.1, 0.15) is 23.9 Å². The van der Waals surface area contributed by atoms with E-state index < -0.39 is 43.8 Å². The van der Waals surface area contributed by atoms with Crippen molar-refractivity contribution in [3.63, 3.8) is 0 Å². The van der Waals surface area contributed by atoms with E-state index in [4.69, 9.17) is 10.5 Å². The average Bonchev–Trinajstić information content (AvgIpc) is 3.26. The number of hydrogen-bond acceptors (Lipinski definition) is 6. The molecule has 0 heterocycles. The molecule has 3 N–H and O–H groups in total. The van der Waals surface area contributed by atoms with Gasteiger partial charge in [-0.2, -0.15) is 13.2 Å². The summed E-state index contributed by atoms with van der Waals surface area (Å²) in [7, 11) is -4.74. The molecule has 41 heavy (non-hydrogen) atoms. The highest BCUT2D eigenvalue weighted by Gasteiger charge is 2.60. The second kappa shape index (κ2) is 12.5. The lowest BCUT2D eigenvalue weighted by atomic mass is 9.98. The van der Waals surface area contributed by atoms with Crippen molar-refractivity contribution >= 4 is 22.1 Å². The minimum absolute atomic E-state index is 0.121. The van der Waals surface area contributed by atoms with Gasteiger partial charge >= 0.3 is 22.1 Å². The number of nitrogens with two attached hydrogens (primary N) is 1. The number of nitrogens with zero attached hydrogens (tertiary/aromatic N) is 1. The van der Waals surface area contributed by atoms with Crippen LogP contribution in [0.15, 0.2) is 77.7 Å². The number of fused-ring (bicyclic) bond motifs is 3. The van der Waals surface area contributed by atoms with Crippen LogP contribution in [0.4, 0.5) is 9.18 Å². The van der Waals surface area contributed by atoms with Gasteiger partial charge in [0.25, 0.3) is 0 Å². The third-order valence-electron chi connectivity index (χ3n) is 7.54. The van der Waals surface area contributed by atoms with Gasteiger partial charge in [0.2, 0.25) is 6.04 Å². The van der Waals surface area contributed by atoms with Crippen LogP contribution in [-0.2, 0) is 19.6 Å². The molecule has 3 aromatic carbocycles. The lowest BCUT2D eigenvalue weighted by Crippen LogP contribution is -2.66. The predicted octanol–water partition coefficient (Wildman–Crippen LogP) is 5.52. The molecule has 8 nitrogen and oxygen atoms in total. The third kappa shape index (κ3) is 5.77. The Bertz CT molecular complexity index is 1460. The third-order valence-corrected chi connectivity index (χ3v) is 9.82. The fraction of sp³-hybridized carbons (Fsp3) is 0.355. The number of halogens is 1. The molecule has 0 aromatic heterocycles. The number of ether oxygens (including phenoxy) is 1. The molecule has 218 valence electrons. The van der Waals surface area contributed by atoms with E-state index in [-0.39, 0.29) is 36.9 Å². The second-order valence-electron chi connectivity index (χ2n) is 10.7. The van der Waals surface area contributed by atoms with Crippen LogP contribution < -0.4 is 5.73 Å². The first-order valence-electron chi connectivity index (χ1n) is 13.7. The zero-order chi connectivity index (χ0) is 29.8. The summed E-state index contributed by atoms with van der Waals surface area (Å²) < 4.78 is 46.9. The number of aliphatic carboxylic acids is 1. The molecule has 4 rings (SSSR count). The number of benzene rings is 3. The van der Waals surface area contributed by atoms with Crippen LogP contribution in [-0.4, -0.2) is 55.2 Å². The normalized spacial score (nSPS) is 15.1. The Hall–Kier alpha value is -3.60. The van der Waals surface area contributed by atoms with Crippen LogP contribution in [0.5, 0.6) is 0 Å². The van der Waals surface area contributed by atoms with Gasteiger partial charge in [0.15, 0.2) is 0 Å². The molecule has 3 aromatic rings. The number of carboxylic acids is 1. The largest absolute Gasteiger partial charge is 0.532 e. The van der Waals surface area contributed by atoms with Gasteiger partial charge in [-0.3, -0.25) is 0 Å². The molecule has 0 saturated heterocycles. The minimum Gasteiger partial charge on any atom is -0.477 e. The van der Waals surface area contributed by atoms with Crippen LogP contribution in [0.2, 0.25) is 0 Å². The van der Waals surface area contributed by atoms with Crippen molar-refractivity contribution in [1.29, 1.82) is 0 Å². The number of carbonyl (C=O) groups is 2. The van der Waals surface area contributed by atoms with E-state index in [2.05, 4.69) is 0 Å². The molecule has 2 atom stereocenters.